The maximum atomic E-state index is 12.9. The maximum absolute atomic E-state index is 12.9. The van der Waals surface area contributed by atoms with E-state index >= 15 is 0 Å². The summed E-state index contributed by atoms with van der Waals surface area (Å²) < 4.78 is 23.8. The SMILES string of the molecule is CCOP(=O)(OCC)C(CC)(CC)N(C)C. The normalized spacial score (nSPS) is 13.4. The van der Waals surface area contributed by atoms with Crippen LogP contribution in [-0.4, -0.2) is 37.5 Å². The molecule has 0 aromatic heterocycles. The van der Waals surface area contributed by atoms with E-state index in [2.05, 4.69) is 0 Å². The van der Waals surface area contributed by atoms with Crippen molar-refractivity contribution in [3.63, 3.8) is 0 Å². The van der Waals surface area contributed by atoms with Gasteiger partial charge >= 0.3 is 7.60 Å². The summed E-state index contributed by atoms with van der Waals surface area (Å²) in [6.07, 6.45) is 1.49. The predicted octanol–water partition coefficient (Wildman–Crippen LogP) is 3.33. The molecule has 0 aliphatic carbocycles. The molecule has 0 rings (SSSR count). The number of hydrogen-bond acceptors (Lipinski definition) is 4. The molecule has 0 N–H and O–H groups in total. The summed E-state index contributed by atoms with van der Waals surface area (Å²) in [5.41, 5.74) is 0. The van der Waals surface area contributed by atoms with E-state index < -0.39 is 12.9 Å². The van der Waals surface area contributed by atoms with Gasteiger partial charge in [-0.1, -0.05) is 13.8 Å². The van der Waals surface area contributed by atoms with E-state index in [-0.39, 0.29) is 0 Å². The number of rotatable bonds is 8. The van der Waals surface area contributed by atoms with Crippen molar-refractivity contribution in [2.45, 2.75) is 45.8 Å². The molecule has 0 aromatic carbocycles. The van der Waals surface area contributed by atoms with Crippen LogP contribution in [0.5, 0.6) is 0 Å². The molecule has 98 valence electrons. The summed E-state index contributed by atoms with van der Waals surface area (Å²) in [7, 11) is 0.766. The lowest BCUT2D eigenvalue weighted by Gasteiger charge is -2.42. The van der Waals surface area contributed by atoms with Gasteiger partial charge in [-0.25, -0.2) is 0 Å². The zero-order valence-corrected chi connectivity index (χ0v) is 12.3. The van der Waals surface area contributed by atoms with Gasteiger partial charge in [-0.05, 0) is 40.8 Å². The topological polar surface area (TPSA) is 38.8 Å². The third-order valence-corrected chi connectivity index (χ3v) is 6.32. The highest BCUT2D eigenvalue weighted by Gasteiger charge is 2.50. The third-order valence-electron chi connectivity index (χ3n) is 3.07. The van der Waals surface area contributed by atoms with Crippen LogP contribution in [0, 0.1) is 0 Å². The van der Waals surface area contributed by atoms with Crippen LogP contribution in [0.15, 0.2) is 0 Å². The van der Waals surface area contributed by atoms with Crippen LogP contribution in [0.1, 0.15) is 40.5 Å². The Morgan fingerprint density at radius 1 is 1.00 bits per heavy atom. The van der Waals surface area contributed by atoms with Gasteiger partial charge in [0.05, 0.1) is 13.2 Å². The standard InChI is InChI=1S/C11H26NO3P/c1-7-11(8-2,12(5)6)16(13,14-9-3)15-10-4/h7-10H2,1-6H3. The van der Waals surface area contributed by atoms with Crippen LogP contribution in [0.25, 0.3) is 0 Å². The van der Waals surface area contributed by atoms with Crippen LogP contribution in [0.2, 0.25) is 0 Å². The van der Waals surface area contributed by atoms with E-state index in [4.69, 9.17) is 9.05 Å². The van der Waals surface area contributed by atoms with Crippen LogP contribution in [-0.2, 0) is 13.6 Å². The first-order valence-electron chi connectivity index (χ1n) is 6.00. The highest BCUT2D eigenvalue weighted by molar-refractivity contribution is 7.55. The summed E-state index contributed by atoms with van der Waals surface area (Å²) >= 11 is 0. The highest BCUT2D eigenvalue weighted by Crippen LogP contribution is 2.63. The van der Waals surface area contributed by atoms with Gasteiger partial charge in [-0.2, -0.15) is 0 Å². The number of hydrogen-bond donors (Lipinski definition) is 0. The summed E-state index contributed by atoms with van der Waals surface area (Å²) in [5, 5.41) is -0.515. The van der Waals surface area contributed by atoms with Gasteiger partial charge in [0.15, 0.2) is 0 Å². The Hall–Kier alpha value is 0.110. The molecule has 0 radical (unpaired) electrons. The van der Waals surface area contributed by atoms with Gasteiger partial charge in [0.1, 0.15) is 5.28 Å². The Bertz CT molecular complexity index is 229. The predicted molar refractivity (Wildman–Crippen MR) is 67.9 cm³/mol. The minimum atomic E-state index is -3.09. The first-order valence-corrected chi connectivity index (χ1v) is 7.54. The van der Waals surface area contributed by atoms with Crippen LogP contribution in [0.4, 0.5) is 0 Å². The van der Waals surface area contributed by atoms with Gasteiger partial charge in [0.25, 0.3) is 0 Å². The van der Waals surface area contributed by atoms with E-state index in [9.17, 15) is 4.57 Å². The van der Waals surface area contributed by atoms with E-state index in [0.29, 0.717) is 13.2 Å². The molecular formula is C11H26NO3P. The van der Waals surface area contributed by atoms with Gasteiger partial charge in [0, 0.05) is 0 Å². The largest absolute Gasteiger partial charge is 0.350 e. The summed E-state index contributed by atoms with van der Waals surface area (Å²) in [5.74, 6) is 0. The Labute approximate surface area is 99.8 Å². The quantitative estimate of drug-likeness (QED) is 0.620. The van der Waals surface area contributed by atoms with Crippen molar-refractivity contribution in [2.75, 3.05) is 27.3 Å². The van der Waals surface area contributed by atoms with E-state index in [1.807, 2.05) is 46.7 Å². The summed E-state index contributed by atoms with van der Waals surface area (Å²) in [4.78, 5) is 1.97. The molecule has 0 amide bonds. The molecule has 16 heavy (non-hydrogen) atoms. The zero-order valence-electron chi connectivity index (χ0n) is 11.4. The van der Waals surface area contributed by atoms with Crippen molar-refractivity contribution in [1.82, 2.24) is 4.90 Å². The van der Waals surface area contributed by atoms with E-state index in [1.165, 1.54) is 0 Å². The fourth-order valence-electron chi connectivity index (χ4n) is 2.13. The molecule has 0 aromatic rings. The second kappa shape index (κ2) is 6.75. The fraction of sp³-hybridized carbons (Fsp3) is 1.00. The molecule has 0 spiro atoms. The Balaban J connectivity index is 5.32. The smallest absolute Gasteiger partial charge is 0.308 e. The van der Waals surface area contributed by atoms with Crippen molar-refractivity contribution in [3.8, 4) is 0 Å². The third kappa shape index (κ3) is 2.86. The van der Waals surface area contributed by atoms with Gasteiger partial charge in [-0.3, -0.25) is 9.46 Å². The van der Waals surface area contributed by atoms with Crippen molar-refractivity contribution < 1.29 is 13.6 Å². The first kappa shape index (κ1) is 16.1. The molecule has 0 aliphatic heterocycles. The van der Waals surface area contributed by atoms with Crippen LogP contribution < -0.4 is 0 Å². The van der Waals surface area contributed by atoms with E-state index in [0.717, 1.165) is 12.8 Å². The Morgan fingerprint density at radius 2 is 1.38 bits per heavy atom. The van der Waals surface area contributed by atoms with Gasteiger partial charge < -0.3 is 9.05 Å². The zero-order chi connectivity index (χ0) is 12.8. The summed E-state index contributed by atoms with van der Waals surface area (Å²) in [6.45, 7) is 8.55. The second-order valence-electron chi connectivity index (χ2n) is 3.92. The average molecular weight is 251 g/mol. The molecule has 0 atom stereocenters. The monoisotopic (exact) mass is 251 g/mol. The lowest BCUT2D eigenvalue weighted by molar-refractivity contribution is 0.130. The fourth-order valence-corrected chi connectivity index (χ4v) is 4.63. The second-order valence-corrected chi connectivity index (χ2v) is 6.26. The summed E-state index contributed by atoms with van der Waals surface area (Å²) in [6, 6.07) is 0. The van der Waals surface area contributed by atoms with Crippen LogP contribution in [0.3, 0.4) is 0 Å². The minimum Gasteiger partial charge on any atom is -0.308 e. The molecule has 0 fully saturated rings. The molecule has 4 nitrogen and oxygen atoms in total. The van der Waals surface area contributed by atoms with Crippen molar-refractivity contribution in [2.24, 2.45) is 0 Å². The van der Waals surface area contributed by atoms with Gasteiger partial charge in [-0.15, -0.1) is 0 Å². The molecule has 0 aliphatic rings. The molecule has 0 saturated heterocycles. The maximum Gasteiger partial charge on any atom is 0.350 e. The Morgan fingerprint density at radius 3 is 1.56 bits per heavy atom. The van der Waals surface area contributed by atoms with Crippen molar-refractivity contribution in [3.05, 3.63) is 0 Å². The minimum absolute atomic E-state index is 0.410. The van der Waals surface area contributed by atoms with Crippen molar-refractivity contribution in [1.29, 1.82) is 0 Å². The lowest BCUT2D eigenvalue weighted by atomic mass is 10.1. The Kier molecular flexibility index (Phi) is 6.80. The number of nitrogens with zero attached hydrogens (tertiary/aromatic N) is 1. The van der Waals surface area contributed by atoms with Gasteiger partial charge in [0.2, 0.25) is 0 Å². The molecule has 0 saturated carbocycles. The highest BCUT2D eigenvalue weighted by atomic mass is 31.2. The molecule has 5 heteroatoms. The van der Waals surface area contributed by atoms with Crippen LogP contribution >= 0.6 is 7.60 Å². The molecule has 0 bridgehead atoms. The molecule has 0 unspecified atom stereocenters. The first-order chi connectivity index (χ1) is 7.44. The average Bonchev–Trinajstić information content (AvgIpc) is 2.20. The molecule has 0 heterocycles. The van der Waals surface area contributed by atoms with Crippen molar-refractivity contribution >= 4 is 7.60 Å². The molecular weight excluding hydrogens is 225 g/mol. The lowest BCUT2D eigenvalue weighted by Crippen LogP contribution is -2.44. The van der Waals surface area contributed by atoms with E-state index in [1.54, 1.807) is 0 Å².